The molecule has 3 N–H and O–H groups in total. The highest BCUT2D eigenvalue weighted by Crippen LogP contribution is 2.14. The topological polar surface area (TPSA) is 69.6 Å². The predicted octanol–water partition coefficient (Wildman–Crippen LogP) is 11.1. The highest BCUT2D eigenvalue weighted by Gasteiger charge is 2.19. The van der Waals surface area contributed by atoms with Crippen LogP contribution in [0.4, 0.5) is 0 Å². The summed E-state index contributed by atoms with van der Waals surface area (Å²) >= 11 is 0. The van der Waals surface area contributed by atoms with E-state index in [1.165, 1.54) is 148 Å². The van der Waals surface area contributed by atoms with E-state index in [-0.39, 0.29) is 12.5 Å². The van der Waals surface area contributed by atoms with Gasteiger partial charge in [0.1, 0.15) is 0 Å². The van der Waals surface area contributed by atoms with Crippen molar-refractivity contribution in [3.05, 3.63) is 12.2 Å². The van der Waals surface area contributed by atoms with Gasteiger partial charge < -0.3 is 15.5 Å². The number of nitrogens with one attached hydrogen (secondary N) is 1. The summed E-state index contributed by atoms with van der Waals surface area (Å²) in [6.07, 6.45) is 41.2. The first-order valence-electron chi connectivity index (χ1n) is 18.9. The molecular formula is C38H75NO3. The molecular weight excluding hydrogens is 518 g/mol. The zero-order valence-corrected chi connectivity index (χ0v) is 28.5. The molecule has 0 aliphatic rings. The van der Waals surface area contributed by atoms with Gasteiger partial charge in [0.15, 0.2) is 0 Å². The van der Waals surface area contributed by atoms with E-state index in [9.17, 15) is 15.0 Å². The van der Waals surface area contributed by atoms with Crippen LogP contribution in [-0.2, 0) is 4.79 Å². The minimum Gasteiger partial charge on any atom is -0.394 e. The normalized spacial score (nSPS) is 13.1. The first-order chi connectivity index (χ1) is 20.7. The maximum absolute atomic E-state index is 12.3. The van der Waals surface area contributed by atoms with Crippen LogP contribution in [0, 0.1) is 0 Å². The molecule has 4 heteroatoms. The van der Waals surface area contributed by atoms with Crippen molar-refractivity contribution < 1.29 is 15.0 Å². The molecule has 1 amide bonds. The second kappa shape index (κ2) is 34.6. The quantitative estimate of drug-likeness (QED) is 0.0513. The summed E-state index contributed by atoms with van der Waals surface area (Å²) < 4.78 is 0. The lowest BCUT2D eigenvalue weighted by atomic mass is 10.0. The van der Waals surface area contributed by atoms with Crippen LogP contribution in [0.1, 0.15) is 206 Å². The van der Waals surface area contributed by atoms with E-state index in [0.29, 0.717) is 12.8 Å². The highest BCUT2D eigenvalue weighted by molar-refractivity contribution is 5.76. The molecule has 0 radical (unpaired) electrons. The van der Waals surface area contributed by atoms with Crippen molar-refractivity contribution in [2.45, 2.75) is 219 Å². The van der Waals surface area contributed by atoms with Crippen LogP contribution in [0.2, 0.25) is 0 Å². The second-order valence-electron chi connectivity index (χ2n) is 13.0. The third kappa shape index (κ3) is 30.6. The third-order valence-corrected chi connectivity index (χ3v) is 8.78. The van der Waals surface area contributed by atoms with E-state index in [0.717, 1.165) is 32.1 Å². The number of carbonyl (C=O) groups is 1. The van der Waals surface area contributed by atoms with Crippen molar-refractivity contribution in [2.75, 3.05) is 6.61 Å². The Morgan fingerprint density at radius 3 is 1.31 bits per heavy atom. The van der Waals surface area contributed by atoms with Crippen LogP contribution in [0.25, 0.3) is 0 Å². The molecule has 0 aliphatic carbocycles. The van der Waals surface area contributed by atoms with Crippen molar-refractivity contribution in [3.63, 3.8) is 0 Å². The van der Waals surface area contributed by atoms with E-state index in [4.69, 9.17) is 0 Å². The van der Waals surface area contributed by atoms with Gasteiger partial charge in [0.25, 0.3) is 0 Å². The van der Waals surface area contributed by atoms with E-state index in [2.05, 4.69) is 31.3 Å². The molecule has 0 heterocycles. The molecule has 0 aromatic heterocycles. The van der Waals surface area contributed by atoms with Gasteiger partial charge >= 0.3 is 0 Å². The number of unbranched alkanes of at least 4 members (excludes halogenated alkanes) is 25. The van der Waals surface area contributed by atoms with Crippen molar-refractivity contribution in [1.82, 2.24) is 5.32 Å². The smallest absolute Gasteiger partial charge is 0.220 e. The Morgan fingerprint density at radius 1 is 0.548 bits per heavy atom. The number of allylic oxidation sites excluding steroid dienone is 2. The number of rotatable bonds is 34. The van der Waals surface area contributed by atoms with Gasteiger partial charge in [-0.05, 0) is 38.5 Å². The van der Waals surface area contributed by atoms with Gasteiger partial charge in [-0.25, -0.2) is 0 Å². The molecule has 0 rings (SSSR count). The molecule has 0 fully saturated rings. The molecule has 0 aromatic rings. The SMILES string of the molecule is CCCCCCCCCCCCC/C=C/CCCC[C@@H](O)[C@H](CO)NC(=O)CCCCCCCCCCCCCCC. The molecule has 0 saturated heterocycles. The maximum Gasteiger partial charge on any atom is 0.220 e. The lowest BCUT2D eigenvalue weighted by Gasteiger charge is -2.22. The number of hydrogen-bond donors (Lipinski definition) is 3. The van der Waals surface area contributed by atoms with Crippen LogP contribution in [0.3, 0.4) is 0 Å². The molecule has 0 spiro atoms. The molecule has 2 atom stereocenters. The molecule has 250 valence electrons. The standard InChI is InChI=1S/C38H75NO3/c1-3-5-7-9-11-13-15-17-18-19-20-22-23-25-27-29-31-33-37(41)36(35-40)39-38(42)34-32-30-28-26-24-21-16-14-12-10-8-6-4-2/h23,25,36-37,40-41H,3-22,24,26-35H2,1-2H3,(H,39,42)/b25-23+/t36-,37+/m0/s1. The van der Waals surface area contributed by atoms with Gasteiger partial charge in [-0.2, -0.15) is 0 Å². The van der Waals surface area contributed by atoms with E-state index >= 15 is 0 Å². The average Bonchev–Trinajstić information content (AvgIpc) is 2.99. The minimum atomic E-state index is -0.675. The zero-order chi connectivity index (χ0) is 30.8. The second-order valence-corrected chi connectivity index (χ2v) is 13.0. The Kier molecular flexibility index (Phi) is 33.9. The van der Waals surface area contributed by atoms with E-state index in [1.54, 1.807) is 0 Å². The van der Waals surface area contributed by atoms with Gasteiger partial charge in [0, 0.05) is 6.42 Å². The van der Waals surface area contributed by atoms with Crippen LogP contribution in [0.5, 0.6) is 0 Å². The Bertz CT molecular complexity index is 565. The van der Waals surface area contributed by atoms with Crippen LogP contribution < -0.4 is 5.32 Å². The van der Waals surface area contributed by atoms with Gasteiger partial charge in [-0.3, -0.25) is 4.79 Å². The Hall–Kier alpha value is -0.870. The van der Waals surface area contributed by atoms with Crippen molar-refractivity contribution in [2.24, 2.45) is 0 Å². The van der Waals surface area contributed by atoms with Crippen LogP contribution in [0.15, 0.2) is 12.2 Å². The Morgan fingerprint density at radius 2 is 0.905 bits per heavy atom. The maximum atomic E-state index is 12.3. The predicted molar refractivity (Wildman–Crippen MR) is 184 cm³/mol. The van der Waals surface area contributed by atoms with Gasteiger partial charge in [-0.1, -0.05) is 174 Å². The number of hydrogen-bond acceptors (Lipinski definition) is 3. The number of aliphatic hydroxyl groups is 2. The van der Waals surface area contributed by atoms with Crippen LogP contribution in [-0.4, -0.2) is 34.9 Å². The molecule has 4 nitrogen and oxygen atoms in total. The summed E-state index contributed by atoms with van der Waals surface area (Å²) in [5, 5.41) is 23.0. The van der Waals surface area contributed by atoms with Gasteiger partial charge in [-0.15, -0.1) is 0 Å². The minimum absolute atomic E-state index is 0.0403. The summed E-state index contributed by atoms with van der Waals surface area (Å²) in [5.41, 5.74) is 0. The molecule has 42 heavy (non-hydrogen) atoms. The molecule has 0 unspecified atom stereocenters. The fraction of sp³-hybridized carbons (Fsp3) is 0.921. The average molecular weight is 594 g/mol. The number of amides is 1. The fourth-order valence-electron chi connectivity index (χ4n) is 5.82. The van der Waals surface area contributed by atoms with Crippen LogP contribution >= 0.6 is 0 Å². The molecule has 0 bridgehead atoms. The molecule has 0 aliphatic heterocycles. The largest absolute Gasteiger partial charge is 0.394 e. The Labute approximate surface area is 263 Å². The van der Waals surface area contributed by atoms with Gasteiger partial charge in [0.2, 0.25) is 5.91 Å². The highest BCUT2D eigenvalue weighted by atomic mass is 16.3. The molecule has 0 saturated carbocycles. The van der Waals surface area contributed by atoms with Crippen molar-refractivity contribution in [3.8, 4) is 0 Å². The lowest BCUT2D eigenvalue weighted by Crippen LogP contribution is -2.45. The summed E-state index contributed by atoms with van der Waals surface area (Å²) in [7, 11) is 0. The summed E-state index contributed by atoms with van der Waals surface area (Å²) in [5.74, 6) is -0.0403. The van der Waals surface area contributed by atoms with E-state index in [1.807, 2.05) is 0 Å². The first-order valence-corrected chi connectivity index (χ1v) is 18.9. The lowest BCUT2D eigenvalue weighted by molar-refractivity contribution is -0.123. The Balaban J connectivity index is 3.57. The fourth-order valence-corrected chi connectivity index (χ4v) is 5.82. The zero-order valence-electron chi connectivity index (χ0n) is 28.5. The number of carbonyl (C=O) groups excluding carboxylic acids is 1. The summed E-state index contributed by atoms with van der Waals surface area (Å²) in [4.78, 5) is 12.3. The van der Waals surface area contributed by atoms with E-state index < -0.39 is 12.1 Å². The summed E-state index contributed by atoms with van der Waals surface area (Å²) in [6, 6.07) is -0.545. The van der Waals surface area contributed by atoms with Gasteiger partial charge in [0.05, 0.1) is 18.8 Å². The molecule has 0 aromatic carbocycles. The first kappa shape index (κ1) is 41.1. The van der Waals surface area contributed by atoms with Crippen molar-refractivity contribution >= 4 is 5.91 Å². The monoisotopic (exact) mass is 594 g/mol. The third-order valence-electron chi connectivity index (χ3n) is 8.78. The summed E-state index contributed by atoms with van der Waals surface area (Å²) in [6.45, 7) is 4.34. The van der Waals surface area contributed by atoms with Crippen molar-refractivity contribution in [1.29, 1.82) is 0 Å². The number of aliphatic hydroxyl groups excluding tert-OH is 2.